The quantitative estimate of drug-likeness (QED) is 0.383. The van der Waals surface area contributed by atoms with Gasteiger partial charge in [0.15, 0.2) is 0 Å². The molecule has 0 rings (SSSR count). The van der Waals surface area contributed by atoms with Gasteiger partial charge in [0.25, 0.3) is 0 Å². The molecule has 4 heavy (non-hydrogen) atoms. The third-order valence-electron chi connectivity index (χ3n) is 0. The minimum atomic E-state index is 0. The summed E-state index contributed by atoms with van der Waals surface area (Å²) in [6, 6.07) is 0. The molecule has 0 spiro atoms. The van der Waals surface area contributed by atoms with Gasteiger partial charge in [-0.1, -0.05) is 0 Å². The Balaban J connectivity index is 0. The predicted molar refractivity (Wildman–Crippen MR) is 26.7 cm³/mol. The maximum atomic E-state index is 0. The fourth-order valence-corrected chi connectivity index (χ4v) is 0. The van der Waals surface area contributed by atoms with Crippen molar-refractivity contribution < 1.29 is 5.48 Å². The summed E-state index contributed by atoms with van der Waals surface area (Å²) in [7, 11) is 0. The average molecular weight is 133 g/mol. The van der Waals surface area contributed by atoms with Crippen molar-refractivity contribution in [2.45, 2.75) is 0 Å². The van der Waals surface area contributed by atoms with E-state index in [1.54, 1.807) is 0 Å². The van der Waals surface area contributed by atoms with Gasteiger partial charge < -0.3 is 5.48 Å². The Morgan fingerprint density at radius 2 is 0.750 bits per heavy atom. The monoisotopic (exact) mass is 132 g/mol. The van der Waals surface area contributed by atoms with Crippen LogP contribution >= 0.6 is 24.8 Å². The molecular weight excluding hydrogens is 127 g/mol. The Morgan fingerprint density at radius 3 is 0.750 bits per heavy atom. The van der Waals surface area contributed by atoms with E-state index in [0.29, 0.717) is 0 Å². The SMILES string of the molecule is Cl.Cl.O.[CaH2]. The molecule has 2 N–H and O–H groups in total. The normalized spacial score (nSPS) is 0. The molecule has 0 aromatic carbocycles. The van der Waals surface area contributed by atoms with Crippen molar-refractivity contribution in [1.29, 1.82) is 0 Å². The molecule has 0 unspecified atom stereocenters. The first kappa shape index (κ1) is 41.3. The Hall–Kier alpha value is 1.80. The molecule has 0 atom stereocenters. The minimum absolute atomic E-state index is 0. The number of hydrogen-bond acceptors (Lipinski definition) is 0. The van der Waals surface area contributed by atoms with Crippen LogP contribution in [0.5, 0.6) is 0 Å². The summed E-state index contributed by atoms with van der Waals surface area (Å²) in [6.45, 7) is 0. The average Bonchev–Trinajstić information content (AvgIpc) is 0. The zero-order valence-electron chi connectivity index (χ0n) is 1.32. The van der Waals surface area contributed by atoms with Gasteiger partial charge in [0.05, 0.1) is 0 Å². The molecule has 0 radical (unpaired) electrons. The second-order valence-electron chi connectivity index (χ2n) is 0. The Kier molecular flexibility index (Phi) is 221. The molecule has 28 valence electrons. The van der Waals surface area contributed by atoms with Gasteiger partial charge in [-0.3, -0.25) is 0 Å². The van der Waals surface area contributed by atoms with E-state index in [1.807, 2.05) is 0 Å². The van der Waals surface area contributed by atoms with E-state index < -0.39 is 0 Å². The van der Waals surface area contributed by atoms with Gasteiger partial charge in [-0.15, -0.1) is 24.8 Å². The van der Waals surface area contributed by atoms with Crippen molar-refractivity contribution in [2.24, 2.45) is 0 Å². The van der Waals surface area contributed by atoms with E-state index in [4.69, 9.17) is 0 Å². The van der Waals surface area contributed by atoms with Crippen LogP contribution in [0.15, 0.2) is 0 Å². The molecule has 4 heteroatoms. The van der Waals surface area contributed by atoms with E-state index in [0.717, 1.165) is 0 Å². The van der Waals surface area contributed by atoms with Crippen molar-refractivity contribution in [3.8, 4) is 0 Å². The fraction of sp³-hybridized carbons (Fsp3) is 0. The van der Waals surface area contributed by atoms with E-state index in [1.165, 1.54) is 0 Å². The van der Waals surface area contributed by atoms with Crippen LogP contribution in [0.3, 0.4) is 0 Å². The van der Waals surface area contributed by atoms with Crippen LogP contribution in [0.25, 0.3) is 0 Å². The zero-order chi connectivity index (χ0) is 0. The topological polar surface area (TPSA) is 31.5 Å². The van der Waals surface area contributed by atoms with Gasteiger partial charge in [0, 0.05) is 0 Å². The predicted octanol–water partition coefficient (Wildman–Crippen LogP) is -0.897. The Labute approximate surface area is 67.3 Å². The van der Waals surface area contributed by atoms with Gasteiger partial charge in [0.2, 0.25) is 0 Å². The molecule has 0 fully saturated rings. The summed E-state index contributed by atoms with van der Waals surface area (Å²) in [5.74, 6) is 0. The third kappa shape index (κ3) is 9.20. The summed E-state index contributed by atoms with van der Waals surface area (Å²) >= 11 is 0. The van der Waals surface area contributed by atoms with E-state index in [2.05, 4.69) is 0 Å². The summed E-state index contributed by atoms with van der Waals surface area (Å²) in [6.07, 6.45) is 0. The van der Waals surface area contributed by atoms with Crippen LogP contribution in [0.4, 0.5) is 0 Å². The van der Waals surface area contributed by atoms with Crippen LogP contribution in [-0.4, -0.2) is 43.2 Å². The fourth-order valence-electron chi connectivity index (χ4n) is 0. The molecule has 0 aliphatic rings. The molecule has 0 aromatic heterocycles. The molecule has 0 aliphatic heterocycles. The molecule has 0 aliphatic carbocycles. The molecule has 0 saturated heterocycles. The molecule has 0 bridgehead atoms. The summed E-state index contributed by atoms with van der Waals surface area (Å²) in [5, 5.41) is 0. The summed E-state index contributed by atoms with van der Waals surface area (Å²) in [5.41, 5.74) is 0. The van der Waals surface area contributed by atoms with Crippen molar-refractivity contribution in [1.82, 2.24) is 0 Å². The van der Waals surface area contributed by atoms with E-state index >= 15 is 0 Å². The number of halogens is 2. The van der Waals surface area contributed by atoms with Gasteiger partial charge in [-0.2, -0.15) is 0 Å². The molecule has 0 heterocycles. The van der Waals surface area contributed by atoms with Gasteiger partial charge in [-0.05, 0) is 0 Å². The van der Waals surface area contributed by atoms with Crippen molar-refractivity contribution in [3.05, 3.63) is 0 Å². The van der Waals surface area contributed by atoms with Crippen molar-refractivity contribution in [3.63, 3.8) is 0 Å². The molecule has 0 aromatic rings. The van der Waals surface area contributed by atoms with Gasteiger partial charge in [-0.25, -0.2) is 0 Å². The molecular formula is H6CaCl2O. The van der Waals surface area contributed by atoms with Crippen LogP contribution in [-0.2, 0) is 0 Å². The second kappa shape index (κ2) is 21.4. The van der Waals surface area contributed by atoms with Gasteiger partial charge >= 0.3 is 37.7 Å². The van der Waals surface area contributed by atoms with E-state index in [9.17, 15) is 0 Å². The van der Waals surface area contributed by atoms with Crippen LogP contribution in [0, 0.1) is 0 Å². The molecule has 0 saturated carbocycles. The third-order valence-corrected chi connectivity index (χ3v) is 0. The first-order valence-corrected chi connectivity index (χ1v) is 0. The standard InChI is InChI=1S/Ca.2ClH.H2O.2H/h;2*1H;1H2;;. The van der Waals surface area contributed by atoms with Crippen LogP contribution in [0.1, 0.15) is 0 Å². The van der Waals surface area contributed by atoms with Crippen LogP contribution < -0.4 is 0 Å². The first-order valence-electron chi connectivity index (χ1n) is 0. The van der Waals surface area contributed by atoms with Crippen molar-refractivity contribution >= 4 is 62.6 Å². The Morgan fingerprint density at radius 1 is 0.750 bits per heavy atom. The van der Waals surface area contributed by atoms with Crippen molar-refractivity contribution in [2.75, 3.05) is 0 Å². The Bertz CT molecular complexity index is 6.00. The zero-order valence-corrected chi connectivity index (χ0v) is 2.95. The second-order valence-corrected chi connectivity index (χ2v) is 0. The summed E-state index contributed by atoms with van der Waals surface area (Å²) in [4.78, 5) is 0. The molecule has 1 nitrogen and oxygen atoms in total. The maximum absolute atomic E-state index is 0. The first-order chi connectivity index (χ1) is 0. The molecule has 0 amide bonds. The van der Waals surface area contributed by atoms with Crippen LogP contribution in [0.2, 0.25) is 0 Å². The summed E-state index contributed by atoms with van der Waals surface area (Å²) < 4.78 is 0. The number of rotatable bonds is 0. The van der Waals surface area contributed by atoms with Gasteiger partial charge in [0.1, 0.15) is 0 Å². The van der Waals surface area contributed by atoms with E-state index in [-0.39, 0.29) is 68.0 Å². The number of hydrogen-bond donors (Lipinski definition) is 0.